The average Bonchev–Trinajstić information content (AvgIpc) is 2.36. The fourth-order valence-electron chi connectivity index (χ4n) is 1.75. The normalized spacial score (nSPS) is 9.59. The minimum absolute atomic E-state index is 0.361. The van der Waals surface area contributed by atoms with Crippen LogP contribution in [-0.2, 0) is 6.42 Å². The molecule has 1 radical (unpaired) electrons. The van der Waals surface area contributed by atoms with Gasteiger partial charge in [-0.3, -0.25) is 0 Å². The van der Waals surface area contributed by atoms with E-state index >= 15 is 0 Å². The largest absolute Gasteiger partial charge is 0.141 e. The molecule has 0 aromatic heterocycles. The molecule has 0 aliphatic rings. The quantitative estimate of drug-likeness (QED) is 0.381. The predicted octanol–water partition coefficient (Wildman–Crippen LogP) is 6.83. The van der Waals surface area contributed by atoms with Crippen molar-refractivity contribution in [3.8, 4) is 0 Å². The van der Waals surface area contributed by atoms with E-state index in [1.807, 2.05) is 0 Å². The van der Waals surface area contributed by atoms with Crippen LogP contribution in [0.4, 0.5) is 0 Å². The van der Waals surface area contributed by atoms with Crippen molar-refractivity contribution in [1.82, 2.24) is 0 Å². The van der Waals surface area contributed by atoms with Crippen LogP contribution in [0.15, 0.2) is 30.3 Å². The van der Waals surface area contributed by atoms with Crippen molar-refractivity contribution in [2.24, 2.45) is 0 Å². The number of unbranched alkanes of at least 4 members (excludes halogenated alkanes) is 5. The zero-order valence-corrected chi connectivity index (χ0v) is 12.9. The summed E-state index contributed by atoms with van der Waals surface area (Å²) in [6, 6.07) is 10.8. The molecule has 97 valence electrons. The maximum Gasteiger partial charge on any atom is 0.141 e. The molecule has 0 N–H and O–H groups in total. The molecule has 0 aliphatic heterocycles. The highest BCUT2D eigenvalue weighted by atomic mass is 35.9. The average molecular weight is 292 g/mol. The van der Waals surface area contributed by atoms with Crippen LogP contribution >= 0.6 is 29.8 Å². The lowest BCUT2D eigenvalue weighted by Gasteiger charge is -2.01. The molecule has 0 unspecified atom stereocenters. The monoisotopic (exact) mass is 291 g/mol. The van der Waals surface area contributed by atoms with Gasteiger partial charge >= 0.3 is 0 Å². The summed E-state index contributed by atoms with van der Waals surface area (Å²) in [6.07, 6.45) is 9.60. The number of aryl methyl sites for hydroxylation is 1. The Labute approximate surface area is 117 Å². The highest BCUT2D eigenvalue weighted by molar-refractivity contribution is 7.90. The summed E-state index contributed by atoms with van der Waals surface area (Å²) in [5, 5.41) is 0. The van der Waals surface area contributed by atoms with Crippen LogP contribution in [0.3, 0.4) is 0 Å². The molecule has 0 nitrogen and oxygen atoms in total. The van der Waals surface area contributed by atoms with E-state index < -0.39 is 0 Å². The Bertz CT molecular complexity index is 239. The van der Waals surface area contributed by atoms with Crippen molar-refractivity contribution in [2.75, 3.05) is 0 Å². The lowest BCUT2D eigenvalue weighted by Crippen LogP contribution is -1.85. The maximum absolute atomic E-state index is 4.74. The third-order valence-electron chi connectivity index (χ3n) is 2.66. The molecule has 0 saturated heterocycles. The molecule has 0 saturated carbocycles. The number of hydrogen-bond acceptors (Lipinski definition) is 0. The van der Waals surface area contributed by atoms with E-state index in [1.165, 1.54) is 50.5 Å². The second-order valence-electron chi connectivity index (χ2n) is 4.07. The zero-order chi connectivity index (χ0) is 12.8. The molecule has 0 bridgehead atoms. The Balaban J connectivity index is 0.000000770. The molecule has 1 aromatic carbocycles. The SMILES string of the molecule is CCCCCCCCc1ccccc1.Cl[P]Cl. The molecular formula is C14H22Cl2P. The van der Waals surface area contributed by atoms with Gasteiger partial charge in [-0.1, -0.05) is 91.8 Å². The molecule has 0 spiro atoms. The molecule has 0 atom stereocenters. The van der Waals surface area contributed by atoms with Crippen LogP contribution in [0.25, 0.3) is 0 Å². The van der Waals surface area contributed by atoms with E-state index in [2.05, 4.69) is 37.3 Å². The smallest absolute Gasteiger partial charge is 0.0704 e. The number of halogens is 2. The Kier molecular flexibility index (Phi) is 14.5. The maximum atomic E-state index is 4.74. The second-order valence-corrected chi connectivity index (χ2v) is 5.73. The van der Waals surface area contributed by atoms with E-state index in [0.717, 1.165) is 0 Å². The van der Waals surface area contributed by atoms with Gasteiger partial charge in [0.2, 0.25) is 0 Å². The molecule has 0 heterocycles. The van der Waals surface area contributed by atoms with Gasteiger partial charge in [-0.05, 0) is 18.4 Å². The van der Waals surface area contributed by atoms with Gasteiger partial charge in [0.25, 0.3) is 0 Å². The van der Waals surface area contributed by atoms with Gasteiger partial charge in [-0.15, -0.1) is 0 Å². The van der Waals surface area contributed by atoms with Crippen molar-refractivity contribution in [2.45, 2.75) is 51.9 Å². The third-order valence-corrected chi connectivity index (χ3v) is 2.66. The van der Waals surface area contributed by atoms with Crippen LogP contribution in [0, 0.1) is 0 Å². The van der Waals surface area contributed by atoms with Crippen molar-refractivity contribution in [1.29, 1.82) is 0 Å². The minimum Gasteiger partial charge on any atom is -0.0704 e. The standard InChI is InChI=1S/C14H22.Cl2P/c1-2-3-4-5-6-8-11-14-12-9-7-10-13-14;1-3-2/h7,9-10,12-13H,2-6,8,11H2,1H3;. The van der Waals surface area contributed by atoms with Crippen LogP contribution < -0.4 is 0 Å². The van der Waals surface area contributed by atoms with Gasteiger partial charge in [0, 0.05) is 0 Å². The number of benzene rings is 1. The van der Waals surface area contributed by atoms with Gasteiger partial charge in [0.1, 0.15) is 7.29 Å². The Morgan fingerprint density at radius 1 is 0.882 bits per heavy atom. The third kappa shape index (κ3) is 12.5. The first kappa shape index (κ1) is 17.2. The molecule has 1 aromatic rings. The van der Waals surface area contributed by atoms with E-state index in [0.29, 0.717) is 7.29 Å². The summed E-state index contributed by atoms with van der Waals surface area (Å²) < 4.78 is 0. The Hall–Kier alpha value is 0.230. The molecule has 1 rings (SSSR count). The van der Waals surface area contributed by atoms with Crippen molar-refractivity contribution >= 4 is 29.8 Å². The molecule has 0 amide bonds. The molecule has 0 aliphatic carbocycles. The topological polar surface area (TPSA) is 0 Å². The zero-order valence-electron chi connectivity index (χ0n) is 10.5. The first-order valence-electron chi connectivity index (χ1n) is 6.31. The van der Waals surface area contributed by atoms with Crippen LogP contribution in [0.1, 0.15) is 51.0 Å². The van der Waals surface area contributed by atoms with Crippen molar-refractivity contribution < 1.29 is 0 Å². The van der Waals surface area contributed by atoms with Gasteiger partial charge in [-0.2, -0.15) is 0 Å². The van der Waals surface area contributed by atoms with Gasteiger partial charge in [-0.25, -0.2) is 0 Å². The van der Waals surface area contributed by atoms with Crippen molar-refractivity contribution in [3.05, 3.63) is 35.9 Å². The summed E-state index contributed by atoms with van der Waals surface area (Å²) >= 11 is 9.47. The molecule has 0 fully saturated rings. The summed E-state index contributed by atoms with van der Waals surface area (Å²) in [4.78, 5) is 0. The van der Waals surface area contributed by atoms with Gasteiger partial charge < -0.3 is 0 Å². The molecular weight excluding hydrogens is 270 g/mol. The summed E-state index contributed by atoms with van der Waals surface area (Å²) in [5.41, 5.74) is 1.49. The van der Waals surface area contributed by atoms with E-state index in [1.54, 1.807) is 0 Å². The highest BCUT2D eigenvalue weighted by Crippen LogP contribution is 2.19. The second kappa shape index (κ2) is 14.3. The lowest BCUT2D eigenvalue weighted by atomic mass is 10.1. The fourth-order valence-corrected chi connectivity index (χ4v) is 1.75. The van der Waals surface area contributed by atoms with Crippen molar-refractivity contribution in [3.63, 3.8) is 0 Å². The lowest BCUT2D eigenvalue weighted by molar-refractivity contribution is 0.607. The predicted molar refractivity (Wildman–Crippen MR) is 82.1 cm³/mol. The first-order valence-corrected chi connectivity index (χ1v) is 9.01. The number of rotatable bonds is 7. The van der Waals surface area contributed by atoms with Gasteiger partial charge in [0.15, 0.2) is 0 Å². The Morgan fingerprint density at radius 2 is 1.41 bits per heavy atom. The van der Waals surface area contributed by atoms with Crippen LogP contribution in [0.2, 0.25) is 0 Å². The van der Waals surface area contributed by atoms with Crippen LogP contribution in [-0.4, -0.2) is 0 Å². The summed E-state index contributed by atoms with van der Waals surface area (Å²) in [6.45, 7) is 2.27. The fraction of sp³-hybridized carbons (Fsp3) is 0.571. The molecule has 3 heteroatoms. The van der Waals surface area contributed by atoms with Gasteiger partial charge in [0.05, 0.1) is 0 Å². The molecule has 17 heavy (non-hydrogen) atoms. The van der Waals surface area contributed by atoms with E-state index in [9.17, 15) is 0 Å². The van der Waals surface area contributed by atoms with E-state index in [4.69, 9.17) is 22.5 Å². The highest BCUT2D eigenvalue weighted by Gasteiger charge is 1.92. The first-order chi connectivity index (χ1) is 8.35. The van der Waals surface area contributed by atoms with Crippen LogP contribution in [0.5, 0.6) is 0 Å². The minimum atomic E-state index is 0.361. The van der Waals surface area contributed by atoms with E-state index in [-0.39, 0.29) is 0 Å². The Morgan fingerprint density at radius 3 is 2.00 bits per heavy atom. The summed E-state index contributed by atoms with van der Waals surface area (Å²) in [5.74, 6) is 0. The summed E-state index contributed by atoms with van der Waals surface area (Å²) in [7, 11) is 0.361. The number of hydrogen-bond donors (Lipinski definition) is 0.